The van der Waals surface area contributed by atoms with Crippen LogP contribution in [-0.2, 0) is 16.5 Å². The van der Waals surface area contributed by atoms with Crippen LogP contribution in [0.5, 0.6) is 5.75 Å². The van der Waals surface area contributed by atoms with E-state index in [1.165, 1.54) is 6.07 Å². The van der Waals surface area contributed by atoms with Crippen molar-refractivity contribution >= 4 is 6.09 Å². The molecule has 3 heterocycles. The SMILES string of the molecule is Cc1cc(OC2CCN(C(=O)OCC3CCCO3)CC2)cc(=O)n1C. The molecule has 2 fully saturated rings. The summed E-state index contributed by atoms with van der Waals surface area (Å²) in [6.07, 6.45) is 3.22. The van der Waals surface area contributed by atoms with Gasteiger partial charge in [0.15, 0.2) is 0 Å². The zero-order valence-electron chi connectivity index (χ0n) is 14.9. The van der Waals surface area contributed by atoms with E-state index in [0.29, 0.717) is 25.4 Å². The van der Waals surface area contributed by atoms with Crippen LogP contribution in [0.1, 0.15) is 31.4 Å². The number of aromatic nitrogens is 1. The molecule has 2 aliphatic heterocycles. The fraction of sp³-hybridized carbons (Fsp3) is 0.667. The third kappa shape index (κ3) is 4.54. The highest BCUT2D eigenvalue weighted by Crippen LogP contribution is 2.19. The van der Waals surface area contributed by atoms with E-state index >= 15 is 0 Å². The number of pyridine rings is 1. The van der Waals surface area contributed by atoms with E-state index in [-0.39, 0.29) is 23.9 Å². The fourth-order valence-corrected chi connectivity index (χ4v) is 3.18. The maximum atomic E-state index is 12.1. The summed E-state index contributed by atoms with van der Waals surface area (Å²) in [6, 6.07) is 3.37. The summed E-state index contributed by atoms with van der Waals surface area (Å²) in [5.41, 5.74) is 0.780. The molecule has 0 aliphatic carbocycles. The minimum atomic E-state index is -0.279. The number of aryl methyl sites for hydroxylation is 1. The van der Waals surface area contributed by atoms with Crippen molar-refractivity contribution in [3.05, 3.63) is 28.2 Å². The molecule has 3 rings (SSSR count). The van der Waals surface area contributed by atoms with Gasteiger partial charge in [-0.15, -0.1) is 0 Å². The molecular weight excluding hydrogens is 324 g/mol. The van der Waals surface area contributed by atoms with Crippen molar-refractivity contribution in [2.45, 2.75) is 44.8 Å². The van der Waals surface area contributed by atoms with Gasteiger partial charge in [-0.2, -0.15) is 0 Å². The molecule has 0 N–H and O–H groups in total. The lowest BCUT2D eigenvalue weighted by Crippen LogP contribution is -2.42. The molecular formula is C18H26N2O5. The first-order valence-corrected chi connectivity index (χ1v) is 8.90. The van der Waals surface area contributed by atoms with E-state index in [9.17, 15) is 9.59 Å². The van der Waals surface area contributed by atoms with E-state index < -0.39 is 0 Å². The monoisotopic (exact) mass is 350 g/mol. The minimum absolute atomic E-state index is 0.00808. The highest BCUT2D eigenvalue weighted by Gasteiger charge is 2.26. The van der Waals surface area contributed by atoms with Crippen molar-refractivity contribution in [1.29, 1.82) is 0 Å². The van der Waals surface area contributed by atoms with Gasteiger partial charge in [-0.3, -0.25) is 4.79 Å². The Labute approximate surface area is 147 Å². The van der Waals surface area contributed by atoms with Gasteiger partial charge >= 0.3 is 6.09 Å². The van der Waals surface area contributed by atoms with Crippen LogP contribution in [0, 0.1) is 6.92 Å². The van der Waals surface area contributed by atoms with Crippen molar-refractivity contribution in [2.75, 3.05) is 26.3 Å². The van der Waals surface area contributed by atoms with E-state index in [4.69, 9.17) is 14.2 Å². The molecule has 7 heteroatoms. The first kappa shape index (κ1) is 17.8. The Kier molecular flexibility index (Phi) is 5.63. The molecule has 0 spiro atoms. The highest BCUT2D eigenvalue weighted by atomic mass is 16.6. The molecule has 138 valence electrons. The number of carbonyl (C=O) groups excluding carboxylic acids is 1. The topological polar surface area (TPSA) is 70.0 Å². The number of rotatable bonds is 4. The normalized spacial score (nSPS) is 21.4. The average Bonchev–Trinajstić information content (AvgIpc) is 3.12. The Balaban J connectivity index is 1.45. The molecule has 0 aromatic carbocycles. The van der Waals surface area contributed by atoms with E-state index in [2.05, 4.69) is 0 Å². The Bertz CT molecular complexity index is 658. The van der Waals surface area contributed by atoms with Gasteiger partial charge in [-0.25, -0.2) is 4.79 Å². The van der Waals surface area contributed by atoms with Gasteiger partial charge in [0, 0.05) is 51.3 Å². The van der Waals surface area contributed by atoms with Crippen molar-refractivity contribution in [3.8, 4) is 5.75 Å². The van der Waals surface area contributed by atoms with E-state index in [1.54, 1.807) is 16.5 Å². The number of hydrogen-bond donors (Lipinski definition) is 0. The van der Waals surface area contributed by atoms with Crippen LogP contribution in [0.15, 0.2) is 16.9 Å². The van der Waals surface area contributed by atoms with Crippen LogP contribution in [0.2, 0.25) is 0 Å². The first-order valence-electron chi connectivity index (χ1n) is 8.90. The molecule has 0 saturated carbocycles. The standard InChI is InChI=1S/C18H26N2O5/c1-13-10-16(11-17(21)19(13)2)25-14-5-7-20(8-6-14)18(22)24-12-15-4-3-9-23-15/h10-11,14-15H,3-9,12H2,1-2H3. The molecule has 2 saturated heterocycles. The summed E-state index contributed by atoms with van der Waals surface area (Å²) < 4.78 is 18.3. The van der Waals surface area contributed by atoms with Crippen LogP contribution in [-0.4, -0.2) is 54.1 Å². The summed E-state index contributed by atoms with van der Waals surface area (Å²) in [6.45, 7) is 4.16. The summed E-state index contributed by atoms with van der Waals surface area (Å²) in [4.78, 5) is 25.7. The molecule has 7 nitrogen and oxygen atoms in total. The van der Waals surface area contributed by atoms with Crippen LogP contribution >= 0.6 is 0 Å². The number of hydrogen-bond acceptors (Lipinski definition) is 5. The second-order valence-corrected chi connectivity index (χ2v) is 6.75. The Morgan fingerprint density at radius 1 is 1.28 bits per heavy atom. The summed E-state index contributed by atoms with van der Waals surface area (Å²) in [5, 5.41) is 0. The third-order valence-electron chi connectivity index (χ3n) is 4.90. The predicted molar refractivity (Wildman–Crippen MR) is 92.0 cm³/mol. The van der Waals surface area contributed by atoms with Gasteiger partial charge in [0.2, 0.25) is 0 Å². The zero-order chi connectivity index (χ0) is 17.8. The molecule has 25 heavy (non-hydrogen) atoms. The molecule has 0 radical (unpaired) electrons. The lowest BCUT2D eigenvalue weighted by atomic mass is 10.1. The Hall–Kier alpha value is -2.02. The maximum absolute atomic E-state index is 12.1. The van der Waals surface area contributed by atoms with Crippen LogP contribution in [0.3, 0.4) is 0 Å². The first-order chi connectivity index (χ1) is 12.0. The smallest absolute Gasteiger partial charge is 0.409 e. The van der Waals surface area contributed by atoms with Gasteiger partial charge in [-0.05, 0) is 25.8 Å². The third-order valence-corrected chi connectivity index (χ3v) is 4.90. The molecule has 0 bridgehead atoms. The van der Waals surface area contributed by atoms with Crippen LogP contribution < -0.4 is 10.3 Å². The van der Waals surface area contributed by atoms with E-state index in [0.717, 1.165) is 38.0 Å². The molecule has 1 atom stereocenters. The number of piperidine rings is 1. The number of carbonyl (C=O) groups is 1. The summed E-state index contributed by atoms with van der Waals surface area (Å²) in [5.74, 6) is 0.597. The van der Waals surface area contributed by atoms with Crippen LogP contribution in [0.25, 0.3) is 0 Å². The lowest BCUT2D eigenvalue weighted by Gasteiger charge is -2.31. The lowest BCUT2D eigenvalue weighted by molar-refractivity contribution is 0.0214. The van der Waals surface area contributed by atoms with Crippen LogP contribution in [0.4, 0.5) is 4.79 Å². The number of likely N-dealkylation sites (tertiary alicyclic amines) is 1. The average molecular weight is 350 g/mol. The van der Waals surface area contributed by atoms with Crippen molar-refractivity contribution in [2.24, 2.45) is 7.05 Å². The molecule has 1 aromatic rings. The zero-order valence-corrected chi connectivity index (χ0v) is 14.9. The minimum Gasteiger partial charge on any atom is -0.490 e. The molecule has 2 aliphatic rings. The van der Waals surface area contributed by atoms with Gasteiger partial charge < -0.3 is 23.7 Å². The Morgan fingerprint density at radius 3 is 2.68 bits per heavy atom. The summed E-state index contributed by atoms with van der Waals surface area (Å²) in [7, 11) is 1.74. The Morgan fingerprint density at radius 2 is 2.04 bits per heavy atom. The largest absolute Gasteiger partial charge is 0.490 e. The number of nitrogens with zero attached hydrogens (tertiary/aromatic N) is 2. The summed E-state index contributed by atoms with van der Waals surface area (Å²) >= 11 is 0. The van der Waals surface area contributed by atoms with E-state index in [1.807, 2.05) is 13.0 Å². The van der Waals surface area contributed by atoms with Crippen molar-refractivity contribution in [3.63, 3.8) is 0 Å². The van der Waals surface area contributed by atoms with Gasteiger partial charge in [-0.1, -0.05) is 0 Å². The van der Waals surface area contributed by atoms with Gasteiger partial charge in [0.1, 0.15) is 18.5 Å². The predicted octanol–water partition coefficient (Wildman–Crippen LogP) is 1.85. The number of amides is 1. The highest BCUT2D eigenvalue weighted by molar-refractivity contribution is 5.67. The fourth-order valence-electron chi connectivity index (χ4n) is 3.18. The quantitative estimate of drug-likeness (QED) is 0.829. The van der Waals surface area contributed by atoms with Crippen molar-refractivity contribution in [1.82, 2.24) is 9.47 Å². The molecule has 1 amide bonds. The second-order valence-electron chi connectivity index (χ2n) is 6.75. The second kappa shape index (κ2) is 7.91. The molecule has 1 aromatic heterocycles. The number of ether oxygens (including phenoxy) is 3. The van der Waals surface area contributed by atoms with Crippen molar-refractivity contribution < 1.29 is 19.0 Å². The van der Waals surface area contributed by atoms with Gasteiger partial charge in [0.05, 0.1) is 6.10 Å². The van der Waals surface area contributed by atoms with Gasteiger partial charge in [0.25, 0.3) is 5.56 Å². The maximum Gasteiger partial charge on any atom is 0.409 e. The molecule has 1 unspecified atom stereocenters.